The molecule has 0 bridgehead atoms. The Bertz CT molecular complexity index is 283. The van der Waals surface area contributed by atoms with Gasteiger partial charge in [-0.05, 0) is 5.56 Å². The SMILES string of the molecule is O[C@H](CN1CCOCC1)c1ccccc1. The van der Waals surface area contributed by atoms with Crippen LogP contribution in [0.5, 0.6) is 0 Å². The van der Waals surface area contributed by atoms with E-state index in [2.05, 4.69) is 4.90 Å². The monoisotopic (exact) mass is 207 g/mol. The molecule has 15 heavy (non-hydrogen) atoms. The van der Waals surface area contributed by atoms with Crippen LogP contribution in [0.1, 0.15) is 11.7 Å². The van der Waals surface area contributed by atoms with E-state index in [4.69, 9.17) is 4.74 Å². The normalized spacial score (nSPS) is 20.1. The van der Waals surface area contributed by atoms with Crippen molar-refractivity contribution in [2.24, 2.45) is 0 Å². The molecule has 1 heterocycles. The summed E-state index contributed by atoms with van der Waals surface area (Å²) in [6.07, 6.45) is -0.385. The third-order valence-electron chi connectivity index (χ3n) is 2.72. The number of benzene rings is 1. The van der Waals surface area contributed by atoms with Crippen molar-refractivity contribution in [3.05, 3.63) is 35.9 Å². The van der Waals surface area contributed by atoms with Crippen LogP contribution in [0.25, 0.3) is 0 Å². The molecule has 3 heteroatoms. The van der Waals surface area contributed by atoms with Crippen LogP contribution in [-0.4, -0.2) is 42.9 Å². The van der Waals surface area contributed by atoms with Crippen LogP contribution >= 0.6 is 0 Å². The molecule has 2 rings (SSSR count). The van der Waals surface area contributed by atoms with Crippen molar-refractivity contribution in [2.45, 2.75) is 6.10 Å². The highest BCUT2D eigenvalue weighted by molar-refractivity contribution is 5.17. The minimum absolute atomic E-state index is 0.385. The average molecular weight is 207 g/mol. The number of β-amino-alcohol motifs (C(OH)–C–C–N with tert-alkyl or cyclic N) is 1. The number of aliphatic hydroxyl groups excluding tert-OH is 1. The van der Waals surface area contributed by atoms with Gasteiger partial charge in [0.1, 0.15) is 0 Å². The molecular weight excluding hydrogens is 190 g/mol. The first-order valence-corrected chi connectivity index (χ1v) is 5.39. The molecule has 0 aliphatic carbocycles. The van der Waals surface area contributed by atoms with Gasteiger partial charge in [-0.25, -0.2) is 0 Å². The molecule has 1 atom stereocenters. The van der Waals surface area contributed by atoms with E-state index in [1.165, 1.54) is 0 Å². The van der Waals surface area contributed by atoms with Gasteiger partial charge in [-0.1, -0.05) is 30.3 Å². The maximum Gasteiger partial charge on any atom is 0.0916 e. The summed E-state index contributed by atoms with van der Waals surface area (Å²) in [5, 5.41) is 9.99. The second kappa shape index (κ2) is 5.26. The third kappa shape index (κ3) is 3.02. The lowest BCUT2D eigenvalue weighted by Crippen LogP contribution is -2.38. The molecule has 1 saturated heterocycles. The lowest BCUT2D eigenvalue weighted by atomic mass is 10.1. The zero-order chi connectivity index (χ0) is 10.5. The molecule has 3 nitrogen and oxygen atoms in total. The van der Waals surface area contributed by atoms with Gasteiger partial charge in [-0.3, -0.25) is 4.90 Å². The Hall–Kier alpha value is -0.900. The number of hydrogen-bond acceptors (Lipinski definition) is 3. The van der Waals surface area contributed by atoms with Gasteiger partial charge >= 0.3 is 0 Å². The number of nitrogens with zero attached hydrogens (tertiary/aromatic N) is 1. The van der Waals surface area contributed by atoms with Gasteiger partial charge in [0.2, 0.25) is 0 Å². The molecule has 1 N–H and O–H groups in total. The van der Waals surface area contributed by atoms with Crippen LogP contribution in [0.4, 0.5) is 0 Å². The lowest BCUT2D eigenvalue weighted by molar-refractivity contribution is 0.0143. The third-order valence-corrected chi connectivity index (χ3v) is 2.72. The molecule has 0 radical (unpaired) electrons. The number of morpholine rings is 1. The van der Waals surface area contributed by atoms with E-state index in [0.29, 0.717) is 6.54 Å². The minimum Gasteiger partial charge on any atom is -0.387 e. The van der Waals surface area contributed by atoms with Gasteiger partial charge in [0.05, 0.1) is 19.3 Å². The standard InChI is InChI=1S/C12H17NO2/c14-12(11-4-2-1-3-5-11)10-13-6-8-15-9-7-13/h1-5,12,14H,6-10H2/t12-/m1/s1. The van der Waals surface area contributed by atoms with Gasteiger partial charge in [0, 0.05) is 19.6 Å². The largest absolute Gasteiger partial charge is 0.387 e. The second-order valence-electron chi connectivity index (χ2n) is 3.84. The van der Waals surface area contributed by atoms with E-state index < -0.39 is 0 Å². The highest BCUT2D eigenvalue weighted by Crippen LogP contribution is 2.14. The number of aliphatic hydroxyl groups is 1. The number of rotatable bonds is 3. The Kier molecular flexibility index (Phi) is 3.72. The summed E-state index contributed by atoms with van der Waals surface area (Å²) in [6.45, 7) is 4.10. The van der Waals surface area contributed by atoms with E-state index in [0.717, 1.165) is 31.9 Å². The van der Waals surface area contributed by atoms with Crippen molar-refractivity contribution in [1.82, 2.24) is 4.90 Å². The first kappa shape index (κ1) is 10.6. The lowest BCUT2D eigenvalue weighted by Gasteiger charge is -2.28. The molecule has 82 valence electrons. The minimum atomic E-state index is -0.385. The number of hydrogen-bond donors (Lipinski definition) is 1. The molecule has 0 spiro atoms. The molecule has 1 aliphatic heterocycles. The highest BCUT2D eigenvalue weighted by atomic mass is 16.5. The Morgan fingerprint density at radius 2 is 1.87 bits per heavy atom. The highest BCUT2D eigenvalue weighted by Gasteiger charge is 2.15. The summed E-state index contributed by atoms with van der Waals surface area (Å²) in [4.78, 5) is 2.24. The summed E-state index contributed by atoms with van der Waals surface area (Å²) in [5.41, 5.74) is 0.990. The molecule has 0 aromatic heterocycles. The average Bonchev–Trinajstić information content (AvgIpc) is 2.31. The summed E-state index contributed by atoms with van der Waals surface area (Å²) in [6, 6.07) is 9.80. The van der Waals surface area contributed by atoms with E-state index in [-0.39, 0.29) is 6.10 Å². The van der Waals surface area contributed by atoms with Crippen molar-refractivity contribution in [2.75, 3.05) is 32.8 Å². The van der Waals surface area contributed by atoms with Crippen LogP contribution in [0.2, 0.25) is 0 Å². The molecule has 1 aromatic rings. The summed E-state index contributed by atoms with van der Waals surface area (Å²) >= 11 is 0. The molecule has 1 fully saturated rings. The topological polar surface area (TPSA) is 32.7 Å². The molecular formula is C12H17NO2. The maximum absolute atomic E-state index is 9.99. The predicted octanol–water partition coefficient (Wildman–Crippen LogP) is 1.05. The van der Waals surface area contributed by atoms with Crippen molar-refractivity contribution in [1.29, 1.82) is 0 Å². The van der Waals surface area contributed by atoms with Crippen molar-refractivity contribution in [3.8, 4) is 0 Å². The quantitative estimate of drug-likeness (QED) is 0.804. The van der Waals surface area contributed by atoms with E-state index in [1.54, 1.807) is 0 Å². The fraction of sp³-hybridized carbons (Fsp3) is 0.500. The fourth-order valence-corrected chi connectivity index (χ4v) is 1.81. The Morgan fingerprint density at radius 3 is 2.53 bits per heavy atom. The van der Waals surface area contributed by atoms with Crippen LogP contribution in [0.3, 0.4) is 0 Å². The van der Waals surface area contributed by atoms with Crippen molar-refractivity contribution >= 4 is 0 Å². The fourth-order valence-electron chi connectivity index (χ4n) is 1.81. The van der Waals surface area contributed by atoms with Crippen molar-refractivity contribution < 1.29 is 9.84 Å². The van der Waals surface area contributed by atoms with Crippen molar-refractivity contribution in [3.63, 3.8) is 0 Å². The first-order valence-electron chi connectivity index (χ1n) is 5.39. The summed E-state index contributed by atoms with van der Waals surface area (Å²) in [7, 11) is 0. The Balaban J connectivity index is 1.88. The molecule has 0 saturated carbocycles. The van der Waals surface area contributed by atoms with E-state index >= 15 is 0 Å². The van der Waals surface area contributed by atoms with Gasteiger partial charge in [0.25, 0.3) is 0 Å². The Labute approximate surface area is 90.3 Å². The summed E-state index contributed by atoms with van der Waals surface area (Å²) < 4.78 is 5.26. The second-order valence-corrected chi connectivity index (χ2v) is 3.84. The van der Waals surface area contributed by atoms with Gasteiger partial charge in [-0.2, -0.15) is 0 Å². The zero-order valence-electron chi connectivity index (χ0n) is 8.80. The van der Waals surface area contributed by atoms with E-state index in [1.807, 2.05) is 30.3 Å². The van der Waals surface area contributed by atoms with Gasteiger partial charge in [0.15, 0.2) is 0 Å². The maximum atomic E-state index is 9.99. The molecule has 0 amide bonds. The first-order chi connectivity index (χ1) is 7.36. The predicted molar refractivity (Wildman–Crippen MR) is 58.7 cm³/mol. The van der Waals surface area contributed by atoms with Crippen LogP contribution in [-0.2, 0) is 4.74 Å². The van der Waals surface area contributed by atoms with Crippen LogP contribution in [0, 0.1) is 0 Å². The van der Waals surface area contributed by atoms with Crippen LogP contribution in [0.15, 0.2) is 30.3 Å². The van der Waals surface area contributed by atoms with Gasteiger partial charge < -0.3 is 9.84 Å². The van der Waals surface area contributed by atoms with E-state index in [9.17, 15) is 5.11 Å². The molecule has 1 aliphatic rings. The smallest absolute Gasteiger partial charge is 0.0916 e. The summed E-state index contributed by atoms with van der Waals surface area (Å²) in [5.74, 6) is 0. The van der Waals surface area contributed by atoms with Gasteiger partial charge in [-0.15, -0.1) is 0 Å². The molecule has 0 unspecified atom stereocenters. The van der Waals surface area contributed by atoms with Crippen LogP contribution < -0.4 is 0 Å². The number of ether oxygens (including phenoxy) is 1. The zero-order valence-corrected chi connectivity index (χ0v) is 8.80. The Morgan fingerprint density at radius 1 is 1.20 bits per heavy atom. The molecule has 1 aromatic carbocycles.